The summed E-state index contributed by atoms with van der Waals surface area (Å²) in [5.41, 5.74) is 16.0. The van der Waals surface area contributed by atoms with Gasteiger partial charge in [-0.05, 0) is 35.7 Å². The highest BCUT2D eigenvalue weighted by atomic mass is 14.8. The molecule has 0 aliphatic rings. The second-order valence-electron chi connectivity index (χ2n) is 4.63. The summed E-state index contributed by atoms with van der Waals surface area (Å²) in [5, 5.41) is 0. The molecule has 5 heteroatoms. The summed E-state index contributed by atoms with van der Waals surface area (Å²) in [6, 6.07) is 5.77. The van der Waals surface area contributed by atoms with E-state index >= 15 is 0 Å². The third-order valence-electron chi connectivity index (χ3n) is 2.95. The second-order valence-corrected chi connectivity index (χ2v) is 4.63. The molecule has 1 aromatic heterocycles. The summed E-state index contributed by atoms with van der Waals surface area (Å²) in [4.78, 5) is 12.4. The number of benzene rings is 1. The zero-order valence-electron chi connectivity index (χ0n) is 12.0. The molecule has 0 saturated heterocycles. The minimum atomic E-state index is 0.662. The highest BCUT2D eigenvalue weighted by molar-refractivity contribution is 6.10. The number of aromatic nitrogens is 2. The van der Waals surface area contributed by atoms with Crippen LogP contribution >= 0.6 is 0 Å². The Bertz CT molecular complexity index is 647. The van der Waals surface area contributed by atoms with Crippen LogP contribution in [0, 0.1) is 0 Å². The summed E-state index contributed by atoms with van der Waals surface area (Å²) in [6.45, 7) is 2.86. The standard InChI is InChI=1S/C16H19N5/c1-2-3-19-8-14(7-17)12-4-13(6-16(18)5-12)15-9-20-11-21-10-15/h4-11H,2-3,17-18H2,1H3/b14-7+,19-8-. The van der Waals surface area contributed by atoms with Crippen LogP contribution in [0.1, 0.15) is 18.9 Å². The Hall–Kier alpha value is -2.69. The predicted molar refractivity (Wildman–Crippen MR) is 87.7 cm³/mol. The molecule has 2 aromatic rings. The van der Waals surface area contributed by atoms with E-state index in [2.05, 4.69) is 21.9 Å². The van der Waals surface area contributed by atoms with Crippen molar-refractivity contribution in [2.75, 3.05) is 12.3 Å². The molecule has 108 valence electrons. The summed E-state index contributed by atoms with van der Waals surface area (Å²) in [5.74, 6) is 0. The monoisotopic (exact) mass is 281 g/mol. The largest absolute Gasteiger partial charge is 0.404 e. The fourth-order valence-corrected chi connectivity index (χ4v) is 1.94. The molecule has 0 unspecified atom stereocenters. The molecule has 1 heterocycles. The maximum atomic E-state index is 5.99. The molecule has 0 spiro atoms. The van der Waals surface area contributed by atoms with Gasteiger partial charge < -0.3 is 11.5 Å². The molecule has 0 radical (unpaired) electrons. The van der Waals surface area contributed by atoms with E-state index < -0.39 is 0 Å². The Balaban J connectivity index is 2.39. The van der Waals surface area contributed by atoms with E-state index in [4.69, 9.17) is 11.5 Å². The number of hydrogen-bond donors (Lipinski definition) is 2. The van der Waals surface area contributed by atoms with Gasteiger partial charge in [0.2, 0.25) is 0 Å². The van der Waals surface area contributed by atoms with E-state index in [0.717, 1.165) is 35.2 Å². The molecule has 0 bridgehead atoms. The number of hydrogen-bond acceptors (Lipinski definition) is 5. The SMILES string of the molecule is CCC/N=C\C(=C/N)c1cc(N)cc(-c2cncnc2)c1. The normalized spacial score (nSPS) is 12.0. The Kier molecular flexibility index (Phi) is 5.04. The van der Waals surface area contributed by atoms with Gasteiger partial charge in [-0.3, -0.25) is 4.99 Å². The maximum Gasteiger partial charge on any atom is 0.115 e. The van der Waals surface area contributed by atoms with Crippen LogP contribution in [-0.2, 0) is 0 Å². The molecule has 0 fully saturated rings. The van der Waals surface area contributed by atoms with Crippen LogP contribution in [0.15, 0.2) is 48.1 Å². The van der Waals surface area contributed by atoms with Crippen molar-refractivity contribution in [3.63, 3.8) is 0 Å². The first-order valence-corrected chi connectivity index (χ1v) is 6.82. The number of anilines is 1. The number of allylic oxidation sites excluding steroid dienone is 1. The van der Waals surface area contributed by atoms with Gasteiger partial charge in [-0.1, -0.05) is 6.92 Å². The van der Waals surface area contributed by atoms with Crippen LogP contribution < -0.4 is 11.5 Å². The van der Waals surface area contributed by atoms with E-state index in [-0.39, 0.29) is 0 Å². The lowest BCUT2D eigenvalue weighted by atomic mass is 10.0. The van der Waals surface area contributed by atoms with Crippen molar-refractivity contribution in [2.24, 2.45) is 10.7 Å². The Labute approximate surface area is 124 Å². The predicted octanol–water partition coefficient (Wildman–Crippen LogP) is 2.51. The van der Waals surface area contributed by atoms with Crippen molar-refractivity contribution in [1.82, 2.24) is 9.97 Å². The topological polar surface area (TPSA) is 90.2 Å². The van der Waals surface area contributed by atoms with Gasteiger partial charge in [-0.2, -0.15) is 0 Å². The van der Waals surface area contributed by atoms with Gasteiger partial charge in [0, 0.05) is 48.2 Å². The molecule has 5 nitrogen and oxygen atoms in total. The minimum absolute atomic E-state index is 0.662. The molecule has 4 N–H and O–H groups in total. The average molecular weight is 281 g/mol. The van der Waals surface area contributed by atoms with Crippen LogP contribution in [0.3, 0.4) is 0 Å². The smallest absolute Gasteiger partial charge is 0.115 e. The molecule has 0 aliphatic carbocycles. The third-order valence-corrected chi connectivity index (χ3v) is 2.95. The first-order valence-electron chi connectivity index (χ1n) is 6.82. The molecule has 0 atom stereocenters. The zero-order chi connectivity index (χ0) is 15.1. The van der Waals surface area contributed by atoms with Crippen LogP contribution in [0.5, 0.6) is 0 Å². The fraction of sp³-hybridized carbons (Fsp3) is 0.188. The van der Waals surface area contributed by atoms with Crippen LogP contribution in [0.4, 0.5) is 5.69 Å². The van der Waals surface area contributed by atoms with Gasteiger partial charge >= 0.3 is 0 Å². The molecule has 0 saturated carbocycles. The Morgan fingerprint density at radius 1 is 1.19 bits per heavy atom. The Morgan fingerprint density at radius 2 is 1.95 bits per heavy atom. The van der Waals surface area contributed by atoms with Crippen LogP contribution in [0.25, 0.3) is 16.7 Å². The van der Waals surface area contributed by atoms with E-state index in [1.165, 1.54) is 6.33 Å². The number of nitrogen functional groups attached to an aromatic ring is 1. The molecule has 0 aliphatic heterocycles. The van der Waals surface area contributed by atoms with Gasteiger partial charge in [-0.25, -0.2) is 9.97 Å². The van der Waals surface area contributed by atoms with Crippen LogP contribution in [-0.4, -0.2) is 22.7 Å². The van der Waals surface area contributed by atoms with Gasteiger partial charge in [-0.15, -0.1) is 0 Å². The molecule has 21 heavy (non-hydrogen) atoms. The van der Waals surface area contributed by atoms with E-state index in [9.17, 15) is 0 Å². The lowest BCUT2D eigenvalue weighted by Gasteiger charge is -2.08. The highest BCUT2D eigenvalue weighted by Crippen LogP contribution is 2.25. The zero-order valence-corrected chi connectivity index (χ0v) is 12.0. The molecule has 2 rings (SSSR count). The second kappa shape index (κ2) is 7.19. The maximum absolute atomic E-state index is 5.99. The van der Waals surface area contributed by atoms with E-state index in [1.54, 1.807) is 24.8 Å². The van der Waals surface area contributed by atoms with E-state index in [0.29, 0.717) is 5.69 Å². The fourth-order valence-electron chi connectivity index (χ4n) is 1.94. The lowest BCUT2D eigenvalue weighted by molar-refractivity contribution is 0.938. The van der Waals surface area contributed by atoms with Crippen molar-refractivity contribution in [3.8, 4) is 11.1 Å². The van der Waals surface area contributed by atoms with Gasteiger partial charge in [0.1, 0.15) is 6.33 Å². The molecule has 1 aromatic carbocycles. The summed E-state index contributed by atoms with van der Waals surface area (Å²) >= 11 is 0. The van der Waals surface area contributed by atoms with Crippen molar-refractivity contribution in [2.45, 2.75) is 13.3 Å². The molecular weight excluding hydrogens is 262 g/mol. The lowest BCUT2D eigenvalue weighted by Crippen LogP contribution is -1.96. The van der Waals surface area contributed by atoms with Crippen molar-refractivity contribution < 1.29 is 0 Å². The first kappa shape index (κ1) is 14.7. The number of aliphatic imine (C=N–C) groups is 1. The van der Waals surface area contributed by atoms with Gasteiger partial charge in [0.05, 0.1) is 0 Å². The van der Waals surface area contributed by atoms with Crippen molar-refractivity contribution in [1.29, 1.82) is 0 Å². The summed E-state index contributed by atoms with van der Waals surface area (Å²) in [6.07, 6.45) is 9.32. The third kappa shape index (κ3) is 3.89. The highest BCUT2D eigenvalue weighted by Gasteiger charge is 2.05. The minimum Gasteiger partial charge on any atom is -0.404 e. The number of nitrogens with zero attached hydrogens (tertiary/aromatic N) is 3. The Morgan fingerprint density at radius 3 is 2.62 bits per heavy atom. The van der Waals surface area contributed by atoms with Crippen molar-refractivity contribution in [3.05, 3.63) is 48.7 Å². The van der Waals surface area contributed by atoms with Crippen LogP contribution in [0.2, 0.25) is 0 Å². The van der Waals surface area contributed by atoms with Crippen molar-refractivity contribution >= 4 is 17.5 Å². The summed E-state index contributed by atoms with van der Waals surface area (Å²) < 4.78 is 0. The van der Waals surface area contributed by atoms with E-state index in [1.807, 2.05) is 18.2 Å². The average Bonchev–Trinajstić information content (AvgIpc) is 2.52. The van der Waals surface area contributed by atoms with Gasteiger partial charge in [0.25, 0.3) is 0 Å². The number of rotatable bonds is 5. The molecular formula is C16H19N5. The first-order chi connectivity index (χ1) is 10.2. The quantitative estimate of drug-likeness (QED) is 0.651. The van der Waals surface area contributed by atoms with Gasteiger partial charge in [0.15, 0.2) is 0 Å². The molecule has 0 amide bonds. The number of nitrogens with two attached hydrogens (primary N) is 2. The summed E-state index contributed by atoms with van der Waals surface area (Å²) in [7, 11) is 0.